The summed E-state index contributed by atoms with van der Waals surface area (Å²) in [6.45, 7) is 5.12. The van der Waals surface area contributed by atoms with Gasteiger partial charge in [-0.15, -0.1) is 10.2 Å². The van der Waals surface area contributed by atoms with Crippen LogP contribution in [-0.4, -0.2) is 73.5 Å². The predicted octanol–water partition coefficient (Wildman–Crippen LogP) is 2.22. The van der Waals surface area contributed by atoms with Crippen molar-refractivity contribution < 1.29 is 22.7 Å². The maximum Gasteiger partial charge on any atom is 0.416 e. The zero-order valence-corrected chi connectivity index (χ0v) is 17.0. The van der Waals surface area contributed by atoms with Crippen LogP contribution in [0.25, 0.3) is 0 Å². The van der Waals surface area contributed by atoms with Crippen LogP contribution in [-0.2, 0) is 22.1 Å². The smallest absolute Gasteiger partial charge is 0.378 e. The zero-order valence-electron chi connectivity index (χ0n) is 17.0. The summed E-state index contributed by atoms with van der Waals surface area (Å²) in [6, 6.07) is 8.81. The summed E-state index contributed by atoms with van der Waals surface area (Å²) in [5, 5.41) is 8.65. The average molecular weight is 435 g/mol. The molecule has 2 aliphatic rings. The summed E-state index contributed by atoms with van der Waals surface area (Å²) in [5.41, 5.74) is -0.367. The second-order valence-electron chi connectivity index (χ2n) is 7.59. The number of carbonyl (C=O) groups is 1. The molecule has 0 atom stereocenters. The highest BCUT2D eigenvalue weighted by Crippen LogP contribution is 2.29. The second kappa shape index (κ2) is 9.09. The monoisotopic (exact) mass is 435 g/mol. The van der Waals surface area contributed by atoms with Crippen molar-refractivity contribution in [3.8, 4) is 0 Å². The highest BCUT2D eigenvalue weighted by atomic mass is 19.4. The number of carbonyl (C=O) groups excluding carboxylic acids is 1. The molecule has 0 spiro atoms. The van der Waals surface area contributed by atoms with E-state index in [0.29, 0.717) is 45.0 Å². The van der Waals surface area contributed by atoms with Crippen LogP contribution in [0.2, 0.25) is 0 Å². The Morgan fingerprint density at radius 1 is 0.903 bits per heavy atom. The molecule has 31 heavy (non-hydrogen) atoms. The van der Waals surface area contributed by atoms with Gasteiger partial charge in [-0.1, -0.05) is 18.2 Å². The van der Waals surface area contributed by atoms with E-state index in [0.717, 1.165) is 36.9 Å². The van der Waals surface area contributed by atoms with Crippen molar-refractivity contribution in [2.45, 2.75) is 12.6 Å². The van der Waals surface area contributed by atoms with Gasteiger partial charge < -0.3 is 19.4 Å². The van der Waals surface area contributed by atoms with Gasteiger partial charge in [0.25, 0.3) is 0 Å². The molecule has 1 aromatic heterocycles. The first-order valence-corrected chi connectivity index (χ1v) is 10.3. The largest absolute Gasteiger partial charge is 0.416 e. The molecule has 2 fully saturated rings. The number of hydrogen-bond acceptors (Lipinski definition) is 6. The van der Waals surface area contributed by atoms with Gasteiger partial charge in [-0.05, 0) is 23.8 Å². The Kier molecular flexibility index (Phi) is 6.26. The van der Waals surface area contributed by atoms with E-state index < -0.39 is 11.7 Å². The van der Waals surface area contributed by atoms with Gasteiger partial charge in [0.1, 0.15) is 0 Å². The van der Waals surface area contributed by atoms with E-state index in [-0.39, 0.29) is 12.3 Å². The third-order valence-corrected chi connectivity index (χ3v) is 5.54. The molecule has 1 amide bonds. The Hall–Kier alpha value is -2.88. The van der Waals surface area contributed by atoms with E-state index in [1.54, 1.807) is 11.0 Å². The number of hydrogen-bond donors (Lipinski definition) is 0. The van der Waals surface area contributed by atoms with Crippen LogP contribution >= 0.6 is 0 Å². The third kappa shape index (κ3) is 5.25. The van der Waals surface area contributed by atoms with Crippen LogP contribution in [0.15, 0.2) is 36.4 Å². The minimum absolute atomic E-state index is 0.0437. The van der Waals surface area contributed by atoms with Crippen LogP contribution in [0, 0.1) is 0 Å². The van der Waals surface area contributed by atoms with Gasteiger partial charge in [0.2, 0.25) is 5.91 Å². The van der Waals surface area contributed by atoms with Crippen molar-refractivity contribution in [2.24, 2.45) is 0 Å². The van der Waals surface area contributed by atoms with Crippen molar-refractivity contribution in [3.05, 3.63) is 47.5 Å². The molecule has 10 heteroatoms. The minimum Gasteiger partial charge on any atom is -0.378 e. The number of aromatic nitrogens is 2. The second-order valence-corrected chi connectivity index (χ2v) is 7.59. The van der Waals surface area contributed by atoms with Crippen molar-refractivity contribution in [2.75, 3.05) is 62.3 Å². The summed E-state index contributed by atoms with van der Waals surface area (Å²) in [7, 11) is 0. The molecule has 3 heterocycles. The molecular formula is C21H24F3N5O2. The lowest BCUT2D eigenvalue weighted by molar-refractivity contribution is -0.138. The molecule has 2 aromatic rings. The lowest BCUT2D eigenvalue weighted by Crippen LogP contribution is -2.49. The first-order valence-electron chi connectivity index (χ1n) is 10.3. The van der Waals surface area contributed by atoms with Crippen LogP contribution in [0.4, 0.5) is 24.8 Å². The standard InChI is InChI=1S/C21H24F3N5O2/c22-21(23,24)17-3-1-2-16(14-17)15-20(30)29-8-6-27(7-9-29)18-4-5-19(26-25-18)28-10-12-31-13-11-28/h1-5,14H,6-13,15H2. The molecule has 1 aromatic carbocycles. The fourth-order valence-electron chi connectivity index (χ4n) is 3.78. The number of anilines is 2. The summed E-state index contributed by atoms with van der Waals surface area (Å²) in [4.78, 5) is 18.4. The fraction of sp³-hybridized carbons (Fsp3) is 0.476. The molecule has 0 aliphatic carbocycles. The Labute approximate surface area is 178 Å². The molecule has 0 N–H and O–H groups in total. The summed E-state index contributed by atoms with van der Waals surface area (Å²) >= 11 is 0. The number of amides is 1. The fourth-order valence-corrected chi connectivity index (χ4v) is 3.78. The van der Waals surface area contributed by atoms with E-state index in [1.807, 2.05) is 12.1 Å². The van der Waals surface area contributed by atoms with Gasteiger partial charge in [0.05, 0.1) is 25.2 Å². The molecule has 0 saturated carbocycles. The van der Waals surface area contributed by atoms with E-state index >= 15 is 0 Å². The molecular weight excluding hydrogens is 411 g/mol. The molecule has 0 bridgehead atoms. The molecule has 0 radical (unpaired) electrons. The van der Waals surface area contributed by atoms with Crippen LogP contribution in [0.3, 0.4) is 0 Å². The van der Waals surface area contributed by atoms with Gasteiger partial charge in [-0.25, -0.2) is 0 Å². The van der Waals surface area contributed by atoms with Gasteiger partial charge in [-0.2, -0.15) is 13.2 Å². The summed E-state index contributed by atoms with van der Waals surface area (Å²) < 4.78 is 44.0. The summed E-state index contributed by atoms with van der Waals surface area (Å²) in [5.74, 6) is 1.40. The van der Waals surface area contributed by atoms with Gasteiger partial charge >= 0.3 is 6.18 Å². The Morgan fingerprint density at radius 2 is 1.52 bits per heavy atom. The highest BCUT2D eigenvalue weighted by molar-refractivity contribution is 5.79. The molecule has 2 saturated heterocycles. The first kappa shape index (κ1) is 21.4. The number of nitrogens with zero attached hydrogens (tertiary/aromatic N) is 5. The topological polar surface area (TPSA) is 61.8 Å². The van der Waals surface area contributed by atoms with Crippen LogP contribution < -0.4 is 9.80 Å². The van der Waals surface area contributed by atoms with Crippen molar-refractivity contribution in [3.63, 3.8) is 0 Å². The number of piperazine rings is 1. The van der Waals surface area contributed by atoms with Crippen molar-refractivity contribution in [1.82, 2.24) is 15.1 Å². The molecule has 4 rings (SSSR count). The Bertz CT molecular complexity index is 893. The van der Waals surface area contributed by atoms with Crippen molar-refractivity contribution in [1.29, 1.82) is 0 Å². The molecule has 7 nitrogen and oxygen atoms in total. The zero-order chi connectivity index (χ0) is 21.8. The van der Waals surface area contributed by atoms with E-state index in [4.69, 9.17) is 4.74 Å². The van der Waals surface area contributed by atoms with Gasteiger partial charge in [-0.3, -0.25) is 4.79 Å². The molecule has 2 aliphatic heterocycles. The lowest BCUT2D eigenvalue weighted by Gasteiger charge is -2.35. The number of halogens is 3. The molecule has 0 unspecified atom stereocenters. The van der Waals surface area contributed by atoms with Crippen LogP contribution in [0.1, 0.15) is 11.1 Å². The third-order valence-electron chi connectivity index (χ3n) is 5.54. The highest BCUT2D eigenvalue weighted by Gasteiger charge is 2.31. The van der Waals surface area contributed by atoms with Crippen molar-refractivity contribution >= 4 is 17.5 Å². The van der Waals surface area contributed by atoms with Gasteiger partial charge in [0, 0.05) is 39.3 Å². The maximum atomic E-state index is 12.9. The quantitative estimate of drug-likeness (QED) is 0.734. The minimum atomic E-state index is -4.41. The number of alkyl halides is 3. The number of morpholine rings is 1. The van der Waals surface area contributed by atoms with E-state index in [9.17, 15) is 18.0 Å². The lowest BCUT2D eigenvalue weighted by atomic mass is 10.1. The van der Waals surface area contributed by atoms with Gasteiger partial charge in [0.15, 0.2) is 11.6 Å². The Balaban J connectivity index is 1.30. The number of benzene rings is 1. The molecule has 166 valence electrons. The normalized spacial score (nSPS) is 17.7. The average Bonchev–Trinajstić information content (AvgIpc) is 2.79. The Morgan fingerprint density at radius 3 is 2.10 bits per heavy atom. The summed E-state index contributed by atoms with van der Waals surface area (Å²) in [6.07, 6.45) is -4.46. The number of ether oxygens (including phenoxy) is 1. The van der Waals surface area contributed by atoms with E-state index in [2.05, 4.69) is 20.0 Å². The SMILES string of the molecule is O=C(Cc1cccc(C(F)(F)F)c1)N1CCN(c2ccc(N3CCOCC3)nn2)CC1. The first-order chi connectivity index (χ1) is 14.9. The number of rotatable bonds is 4. The van der Waals surface area contributed by atoms with Crippen LogP contribution in [0.5, 0.6) is 0 Å². The maximum absolute atomic E-state index is 12.9. The van der Waals surface area contributed by atoms with E-state index in [1.165, 1.54) is 6.07 Å². The predicted molar refractivity (Wildman–Crippen MR) is 109 cm³/mol.